The van der Waals surface area contributed by atoms with Crippen molar-refractivity contribution in [2.45, 2.75) is 129 Å². The van der Waals surface area contributed by atoms with E-state index >= 15 is 4.39 Å². The van der Waals surface area contributed by atoms with E-state index in [1.807, 2.05) is 12.1 Å². The minimum absolute atomic E-state index is 0.00181. The zero-order chi connectivity index (χ0) is 30.0. The second-order valence-corrected chi connectivity index (χ2v) is 22.7. The van der Waals surface area contributed by atoms with E-state index in [-0.39, 0.29) is 11.3 Å². The second-order valence-electron chi connectivity index (χ2n) is 13.8. The lowest BCUT2D eigenvalue weighted by Gasteiger charge is -2.34. The van der Waals surface area contributed by atoms with Crippen LogP contribution in [0.3, 0.4) is 0 Å². The van der Waals surface area contributed by atoms with Crippen molar-refractivity contribution in [1.82, 2.24) is 0 Å². The molecule has 0 spiro atoms. The van der Waals surface area contributed by atoms with Crippen molar-refractivity contribution in [2.75, 3.05) is 6.61 Å². The Hall–Kier alpha value is -1.51. The summed E-state index contributed by atoms with van der Waals surface area (Å²) in [7, 11) is -3.43. The number of benzene rings is 2. The third kappa shape index (κ3) is 10.6. The number of halogens is 2. The Morgan fingerprint density at radius 1 is 0.829 bits per heavy atom. The lowest BCUT2D eigenvalue weighted by molar-refractivity contribution is 0.288. The molecule has 230 valence electrons. The van der Waals surface area contributed by atoms with Gasteiger partial charge in [0.15, 0.2) is 28.2 Å². The van der Waals surface area contributed by atoms with E-state index in [2.05, 4.69) is 59.1 Å². The molecule has 0 N–H and O–H groups in total. The lowest BCUT2D eigenvalue weighted by Crippen LogP contribution is -2.44. The molecule has 0 bridgehead atoms. The summed E-state index contributed by atoms with van der Waals surface area (Å²) in [6.07, 6.45) is 11.9. The first-order valence-electron chi connectivity index (χ1n) is 16.4. The fourth-order valence-corrected chi connectivity index (χ4v) is 15.6. The molecular weight excluding hydrogens is 547 g/mol. The summed E-state index contributed by atoms with van der Waals surface area (Å²) < 4.78 is 42.5. The van der Waals surface area contributed by atoms with Crippen molar-refractivity contribution >= 4 is 16.6 Å². The van der Waals surface area contributed by atoms with Crippen molar-refractivity contribution in [3.8, 4) is 16.9 Å². The van der Waals surface area contributed by atoms with E-state index in [4.69, 9.17) is 8.85 Å². The van der Waals surface area contributed by atoms with Crippen LogP contribution in [-0.2, 0) is 4.12 Å². The topological polar surface area (TPSA) is 18.5 Å². The van der Waals surface area contributed by atoms with Crippen molar-refractivity contribution < 1.29 is 17.6 Å². The Labute approximate surface area is 251 Å². The molecule has 0 radical (unpaired) electrons. The second kappa shape index (κ2) is 15.8. The Morgan fingerprint density at radius 2 is 1.49 bits per heavy atom. The van der Waals surface area contributed by atoms with Crippen LogP contribution in [0.15, 0.2) is 36.4 Å². The van der Waals surface area contributed by atoms with Crippen LogP contribution in [0.25, 0.3) is 11.1 Å². The summed E-state index contributed by atoms with van der Waals surface area (Å²) in [4.78, 5) is 0. The molecular formula is C35H56F2O2Si2. The van der Waals surface area contributed by atoms with Gasteiger partial charge in [-0.1, -0.05) is 77.1 Å². The molecule has 2 nitrogen and oxygen atoms in total. The Morgan fingerprint density at radius 3 is 2.12 bits per heavy atom. The summed E-state index contributed by atoms with van der Waals surface area (Å²) in [5, 5.41) is 0. The van der Waals surface area contributed by atoms with Gasteiger partial charge in [0.25, 0.3) is 0 Å². The maximum Gasteiger partial charge on any atom is 0.201 e. The Kier molecular flexibility index (Phi) is 13.1. The quantitative estimate of drug-likeness (QED) is 0.141. The normalized spacial score (nSPS) is 18.9. The van der Waals surface area contributed by atoms with E-state index in [1.54, 1.807) is 12.1 Å². The minimum Gasteiger partial charge on any atom is -0.490 e. The van der Waals surface area contributed by atoms with Gasteiger partial charge >= 0.3 is 0 Å². The molecule has 6 heteroatoms. The third-order valence-electron chi connectivity index (χ3n) is 9.20. The predicted molar refractivity (Wildman–Crippen MR) is 176 cm³/mol. The zero-order valence-electron chi connectivity index (χ0n) is 27.0. The van der Waals surface area contributed by atoms with Crippen molar-refractivity contribution in [1.29, 1.82) is 0 Å². The van der Waals surface area contributed by atoms with Gasteiger partial charge in [-0.15, -0.1) is 0 Å². The molecule has 1 fully saturated rings. The van der Waals surface area contributed by atoms with Crippen LogP contribution in [0, 0.1) is 23.5 Å². The van der Waals surface area contributed by atoms with Gasteiger partial charge in [-0.05, 0) is 111 Å². The van der Waals surface area contributed by atoms with Gasteiger partial charge in [0.2, 0.25) is 5.82 Å². The number of rotatable bonds is 16. The maximum absolute atomic E-state index is 15.1. The van der Waals surface area contributed by atoms with Crippen LogP contribution in [-0.4, -0.2) is 23.2 Å². The molecule has 2 aromatic carbocycles. The average Bonchev–Trinajstić information content (AvgIpc) is 2.94. The first-order valence-corrected chi connectivity index (χ1v) is 22.6. The summed E-state index contributed by atoms with van der Waals surface area (Å²) >= 11 is 0. The molecule has 1 saturated carbocycles. The van der Waals surface area contributed by atoms with Crippen molar-refractivity contribution in [3.63, 3.8) is 0 Å². The molecule has 1 unspecified atom stereocenters. The van der Waals surface area contributed by atoms with Gasteiger partial charge in [0.05, 0.1) is 6.61 Å². The standard InChI is InChI=1S/C35H56F2O2Si2/c1-8-12-28-13-15-29(16-14-28)30-17-19-31(20-18-30)32-21-22-33(35(37)34(32)36)38-24-10-11-25-40(4,5)39-41(6,7)26-23-27(3)9-2/h17-22,27-29H,8-16,23-26H2,1-7H3. The van der Waals surface area contributed by atoms with E-state index in [1.165, 1.54) is 63.0 Å². The molecule has 0 aliphatic heterocycles. The molecule has 0 amide bonds. The number of unbranched alkanes of at least 4 members (excludes halogenated alkanes) is 1. The van der Waals surface area contributed by atoms with E-state index < -0.39 is 28.3 Å². The van der Waals surface area contributed by atoms with Gasteiger partial charge < -0.3 is 8.85 Å². The molecule has 41 heavy (non-hydrogen) atoms. The molecule has 2 aromatic rings. The van der Waals surface area contributed by atoms with Crippen LogP contribution >= 0.6 is 0 Å². The van der Waals surface area contributed by atoms with Crippen LogP contribution < -0.4 is 4.74 Å². The summed E-state index contributed by atoms with van der Waals surface area (Å²) in [6.45, 7) is 16.5. The van der Waals surface area contributed by atoms with Gasteiger partial charge in [-0.3, -0.25) is 0 Å². The molecule has 0 aromatic heterocycles. The third-order valence-corrected chi connectivity index (χ3v) is 16.7. The highest BCUT2D eigenvalue weighted by molar-refractivity contribution is 6.84. The molecule has 1 aliphatic carbocycles. The van der Waals surface area contributed by atoms with Gasteiger partial charge in [-0.2, -0.15) is 4.39 Å². The summed E-state index contributed by atoms with van der Waals surface area (Å²) in [5.74, 6) is 0.488. The highest BCUT2D eigenvalue weighted by Crippen LogP contribution is 2.38. The van der Waals surface area contributed by atoms with Gasteiger partial charge in [-0.25, -0.2) is 4.39 Å². The van der Waals surface area contributed by atoms with E-state index in [9.17, 15) is 4.39 Å². The molecule has 3 rings (SSSR count). The number of ether oxygens (including phenoxy) is 1. The summed E-state index contributed by atoms with van der Waals surface area (Å²) in [5.41, 5.74) is 2.32. The average molecular weight is 603 g/mol. The fourth-order valence-electron chi connectivity index (χ4n) is 6.48. The first-order chi connectivity index (χ1) is 19.4. The molecule has 1 atom stereocenters. The smallest absolute Gasteiger partial charge is 0.201 e. The monoisotopic (exact) mass is 602 g/mol. The zero-order valence-corrected chi connectivity index (χ0v) is 29.0. The SMILES string of the molecule is CCCC1CCC(c2ccc(-c3ccc(OCCCC[Si](C)(C)O[Si](C)(C)CCC(C)CC)c(F)c3F)cc2)CC1. The highest BCUT2D eigenvalue weighted by atomic mass is 28.4. The van der Waals surface area contributed by atoms with Crippen molar-refractivity contribution in [3.05, 3.63) is 53.6 Å². The van der Waals surface area contributed by atoms with Gasteiger partial charge in [0, 0.05) is 5.56 Å². The molecule has 1 aliphatic rings. The summed E-state index contributed by atoms with van der Waals surface area (Å²) in [6, 6.07) is 13.6. The van der Waals surface area contributed by atoms with Gasteiger partial charge in [0.1, 0.15) is 0 Å². The van der Waals surface area contributed by atoms with Crippen LogP contribution in [0.4, 0.5) is 8.78 Å². The first kappa shape index (κ1) is 34.0. The molecule has 0 saturated heterocycles. The predicted octanol–water partition coefficient (Wildman–Crippen LogP) is 11.7. The fraction of sp³-hybridized carbons (Fsp3) is 0.657. The Balaban J connectivity index is 1.47. The van der Waals surface area contributed by atoms with Crippen molar-refractivity contribution in [2.24, 2.45) is 11.8 Å². The van der Waals surface area contributed by atoms with Crippen LogP contribution in [0.5, 0.6) is 5.75 Å². The minimum atomic E-state index is -1.77. The van der Waals surface area contributed by atoms with Crippen LogP contribution in [0.1, 0.15) is 96.5 Å². The maximum atomic E-state index is 15.1. The number of hydrogen-bond acceptors (Lipinski definition) is 2. The van der Waals surface area contributed by atoms with E-state index in [0.29, 0.717) is 18.1 Å². The highest BCUT2D eigenvalue weighted by Gasteiger charge is 2.32. The number of hydrogen-bond donors (Lipinski definition) is 0. The molecule has 0 heterocycles. The van der Waals surface area contributed by atoms with Crippen LogP contribution in [0.2, 0.25) is 38.3 Å². The Bertz CT molecular complexity index is 1060. The van der Waals surface area contributed by atoms with E-state index in [0.717, 1.165) is 30.7 Å². The lowest BCUT2D eigenvalue weighted by atomic mass is 9.77. The largest absolute Gasteiger partial charge is 0.490 e.